The van der Waals surface area contributed by atoms with Crippen molar-refractivity contribution in [3.63, 3.8) is 0 Å². The Bertz CT molecular complexity index is 811. The molecule has 0 saturated heterocycles. The molecule has 0 saturated carbocycles. The van der Waals surface area contributed by atoms with Gasteiger partial charge in [-0.2, -0.15) is 0 Å². The van der Waals surface area contributed by atoms with Crippen LogP contribution in [-0.4, -0.2) is 35.0 Å². The molecule has 0 atom stereocenters. The molecule has 0 heterocycles. The number of hydrogen-bond donors (Lipinski definition) is 0. The Hall–Kier alpha value is -0.710. The molecule has 0 bridgehead atoms. The van der Waals surface area contributed by atoms with Crippen molar-refractivity contribution < 1.29 is 18.0 Å². The summed E-state index contributed by atoms with van der Waals surface area (Å²) in [6.45, 7) is 13.1. The molecule has 0 fully saturated rings. The predicted octanol–water partition coefficient (Wildman–Crippen LogP) is 19.3. The largest absolute Gasteiger partial charge is 0.374 e. The number of carbonyl (C=O) groups excluding carboxylic acids is 2. The molecule has 356 valence electrons. The molecule has 0 aromatic rings. The van der Waals surface area contributed by atoms with Crippen LogP contribution in [0.5, 0.6) is 0 Å². The summed E-state index contributed by atoms with van der Waals surface area (Å²) in [5, 5.41) is 0. The lowest BCUT2D eigenvalue weighted by atomic mass is 10.1. The average molecular weight is 856 g/mol. The third-order valence-corrected chi connectivity index (χ3v) is 21.1. The molecule has 0 N–H and O–H groups in total. The first-order valence-electron chi connectivity index (χ1n) is 27.3. The zero-order valence-electron chi connectivity index (χ0n) is 41.6. The van der Waals surface area contributed by atoms with Gasteiger partial charge in [0.1, 0.15) is 0 Å². The average Bonchev–Trinajstić information content (AvgIpc) is 3.24. The van der Waals surface area contributed by atoms with Crippen LogP contribution in [0.4, 0.5) is 0 Å². The molecule has 0 spiro atoms. The molecule has 0 aliphatic carbocycles. The highest BCUT2D eigenvalue weighted by Gasteiger charge is 2.58. The molecule has 0 unspecified atom stereocenters. The summed E-state index contributed by atoms with van der Waals surface area (Å²) in [4.78, 5) is 28.1. The Morgan fingerprint density at radius 1 is 0.254 bits per heavy atom. The minimum absolute atomic E-state index is 0.131. The van der Waals surface area contributed by atoms with Crippen molar-refractivity contribution in [2.45, 2.75) is 311 Å². The molecule has 4 nitrogen and oxygen atoms in total. The molecule has 5 heteroatoms. The van der Waals surface area contributed by atoms with Gasteiger partial charge < -0.3 is 8.37 Å². The zero-order valence-corrected chi connectivity index (χ0v) is 42.4. The second-order valence-corrected chi connectivity index (χ2v) is 25.8. The Morgan fingerprint density at radius 2 is 0.407 bits per heavy atom. The van der Waals surface area contributed by atoms with E-state index in [-0.39, 0.29) is 11.9 Å². The summed E-state index contributed by atoms with van der Waals surface area (Å²) in [5.41, 5.74) is 0. The molecule has 0 aliphatic heterocycles. The van der Waals surface area contributed by atoms with Crippen LogP contribution in [0.1, 0.15) is 311 Å². The van der Waals surface area contributed by atoms with Crippen LogP contribution in [0.25, 0.3) is 0 Å². The molecule has 0 amide bonds. The van der Waals surface area contributed by atoms with E-state index in [4.69, 9.17) is 8.37 Å². The van der Waals surface area contributed by atoms with Gasteiger partial charge in [-0.25, -0.2) is 8.86 Å². The minimum Gasteiger partial charge on any atom is -0.374 e. The standard InChI is InChI=1S/C54H110O4S/c1-7-13-17-21-25-29-33-37-41-45-49-59(57-53(55)11-5,58-54(56)12-6,50-46-42-38-34-30-26-22-18-14-8-2,51-47-43-39-35-31-27-23-19-15-9-3)52-48-44-40-36-32-28-24-20-16-10-4/h7-52H2,1-6H3. The molecule has 59 heavy (non-hydrogen) atoms. The highest BCUT2D eigenvalue weighted by Crippen LogP contribution is 2.92. The Morgan fingerprint density at radius 3 is 0.559 bits per heavy atom. The maximum atomic E-state index is 14.1. The summed E-state index contributed by atoms with van der Waals surface area (Å²) in [7, 11) is -4.13. The van der Waals surface area contributed by atoms with Crippen LogP contribution in [0.2, 0.25) is 0 Å². The second-order valence-electron chi connectivity index (χ2n) is 19.4. The molecule has 0 aromatic heterocycles. The van der Waals surface area contributed by atoms with Crippen molar-refractivity contribution >= 4 is 20.8 Å². The third kappa shape index (κ3) is 29.3. The van der Waals surface area contributed by atoms with E-state index in [1.165, 1.54) is 205 Å². The molecule has 0 rings (SSSR count). The molecular weight excluding hydrogens is 745 g/mol. The maximum absolute atomic E-state index is 14.1. The van der Waals surface area contributed by atoms with Crippen molar-refractivity contribution in [3.05, 3.63) is 0 Å². The van der Waals surface area contributed by atoms with Crippen molar-refractivity contribution in [2.75, 3.05) is 23.0 Å². The van der Waals surface area contributed by atoms with E-state index < -0.39 is 8.86 Å². The van der Waals surface area contributed by atoms with Crippen LogP contribution in [0.3, 0.4) is 0 Å². The van der Waals surface area contributed by atoms with Crippen LogP contribution in [-0.2, 0) is 18.0 Å². The summed E-state index contributed by atoms with van der Waals surface area (Å²) in [6, 6.07) is 0. The van der Waals surface area contributed by atoms with Gasteiger partial charge in [-0.3, -0.25) is 9.59 Å². The van der Waals surface area contributed by atoms with Crippen LogP contribution in [0, 0.1) is 0 Å². The molecule has 0 radical (unpaired) electrons. The molecule has 0 aromatic carbocycles. The molecule has 0 aliphatic rings. The zero-order chi connectivity index (χ0) is 43.5. The first kappa shape index (κ1) is 58.3. The van der Waals surface area contributed by atoms with Gasteiger partial charge in [-0.05, 0) is 25.7 Å². The van der Waals surface area contributed by atoms with Crippen LogP contribution >= 0.6 is 8.86 Å². The van der Waals surface area contributed by atoms with Gasteiger partial charge in [0.15, 0.2) is 0 Å². The highest BCUT2D eigenvalue weighted by molar-refractivity contribution is 8.58. The van der Waals surface area contributed by atoms with Gasteiger partial charge in [-0.1, -0.05) is 273 Å². The smallest absolute Gasteiger partial charge is 0.325 e. The van der Waals surface area contributed by atoms with Gasteiger partial charge in [0.2, 0.25) is 0 Å². The monoisotopic (exact) mass is 855 g/mol. The van der Waals surface area contributed by atoms with Gasteiger partial charge >= 0.3 is 11.9 Å². The number of unbranched alkanes of at least 4 members (excludes halogenated alkanes) is 36. The van der Waals surface area contributed by atoms with Crippen LogP contribution in [0.15, 0.2) is 0 Å². The van der Waals surface area contributed by atoms with E-state index >= 15 is 0 Å². The Labute approximate surface area is 371 Å². The van der Waals surface area contributed by atoms with E-state index in [0.717, 1.165) is 74.4 Å². The van der Waals surface area contributed by atoms with E-state index in [1.54, 1.807) is 0 Å². The quantitative estimate of drug-likeness (QED) is 0.0572. The van der Waals surface area contributed by atoms with Gasteiger partial charge in [0.25, 0.3) is 0 Å². The fraction of sp³-hybridized carbons (Fsp3) is 0.963. The number of hydrogen-bond acceptors (Lipinski definition) is 4. The first-order chi connectivity index (χ1) is 28.8. The third-order valence-electron chi connectivity index (χ3n) is 13.7. The summed E-state index contributed by atoms with van der Waals surface area (Å²) in [5.74, 6) is 2.85. The summed E-state index contributed by atoms with van der Waals surface area (Å²) >= 11 is 0. The first-order valence-corrected chi connectivity index (χ1v) is 30.2. The lowest BCUT2D eigenvalue weighted by Crippen LogP contribution is -2.54. The number of carbonyl (C=O) groups is 2. The van der Waals surface area contributed by atoms with Crippen LogP contribution < -0.4 is 0 Å². The van der Waals surface area contributed by atoms with Crippen molar-refractivity contribution in [3.8, 4) is 0 Å². The van der Waals surface area contributed by atoms with Crippen molar-refractivity contribution in [1.29, 1.82) is 0 Å². The minimum atomic E-state index is -4.13. The van der Waals surface area contributed by atoms with Crippen molar-refractivity contribution in [1.82, 2.24) is 0 Å². The van der Waals surface area contributed by atoms with E-state index in [0.29, 0.717) is 12.8 Å². The lowest BCUT2D eigenvalue weighted by molar-refractivity contribution is -0.138. The lowest BCUT2D eigenvalue weighted by Gasteiger charge is -2.83. The van der Waals surface area contributed by atoms with E-state index in [2.05, 4.69) is 27.7 Å². The Balaban J connectivity index is 6.44. The van der Waals surface area contributed by atoms with E-state index in [9.17, 15) is 9.59 Å². The topological polar surface area (TPSA) is 52.6 Å². The predicted molar refractivity (Wildman–Crippen MR) is 267 cm³/mol. The number of rotatable bonds is 48. The van der Waals surface area contributed by atoms with E-state index in [1.807, 2.05) is 13.8 Å². The van der Waals surface area contributed by atoms with Gasteiger partial charge in [-0.15, -0.1) is 0 Å². The summed E-state index contributed by atoms with van der Waals surface area (Å²) in [6.07, 6.45) is 51.4. The second kappa shape index (κ2) is 38.9. The van der Waals surface area contributed by atoms with Crippen molar-refractivity contribution in [2.24, 2.45) is 0 Å². The normalized spacial score (nSPS) is 13.1. The fourth-order valence-corrected chi connectivity index (χ4v) is 17.3. The van der Waals surface area contributed by atoms with Gasteiger partial charge in [0.05, 0.1) is 0 Å². The Kier molecular flexibility index (Phi) is 38.5. The highest BCUT2D eigenvalue weighted by atomic mass is 32.4. The molecular formula is C54H110O4S. The maximum Gasteiger partial charge on any atom is 0.325 e. The van der Waals surface area contributed by atoms with Gasteiger partial charge in [0, 0.05) is 35.9 Å². The summed E-state index contributed by atoms with van der Waals surface area (Å²) < 4.78 is 14.6. The SMILES string of the molecule is CCCCCCCCCCCCS(CCCCCCCCCCCC)(CCCCCCCCCCCC)(CCCCCCCCCCCC)(OC(=O)CC)OC(=O)CC. The fourth-order valence-electron chi connectivity index (χ4n) is 9.74.